The van der Waals surface area contributed by atoms with Gasteiger partial charge in [-0.3, -0.25) is 9.48 Å². The van der Waals surface area contributed by atoms with Gasteiger partial charge in [0.2, 0.25) is 0 Å². The van der Waals surface area contributed by atoms with Crippen molar-refractivity contribution in [1.82, 2.24) is 15.1 Å². The number of aromatic nitrogens is 2. The Hall–Kier alpha value is -1.67. The number of carbonyl (C=O) groups is 1. The number of amides is 1. The zero-order valence-electron chi connectivity index (χ0n) is 12.2. The van der Waals surface area contributed by atoms with Crippen LogP contribution in [-0.4, -0.2) is 35.6 Å². The fourth-order valence-electron chi connectivity index (χ4n) is 2.65. The number of carbonyl (C=O) groups excluding carboxylic acids is 1. The maximum Gasteiger partial charge on any atom is 0.255 e. The molecule has 0 radical (unpaired) electrons. The lowest BCUT2D eigenvalue weighted by Gasteiger charge is -2.11. The summed E-state index contributed by atoms with van der Waals surface area (Å²) in [7, 11) is -2.97. The number of nitrogens with zero attached hydrogens (tertiary/aromatic N) is 2. The predicted octanol–water partition coefficient (Wildman–Crippen LogP) is 1.54. The molecule has 0 saturated carbocycles. The Morgan fingerprint density at radius 2 is 2.36 bits per heavy atom. The van der Waals surface area contributed by atoms with Crippen molar-refractivity contribution in [2.75, 3.05) is 11.5 Å². The number of sulfone groups is 1. The number of thiophene rings is 1. The largest absolute Gasteiger partial charge is 0.348 e. The van der Waals surface area contributed by atoms with Crippen LogP contribution in [0.2, 0.25) is 0 Å². The van der Waals surface area contributed by atoms with Gasteiger partial charge in [0.25, 0.3) is 5.91 Å². The first-order valence-corrected chi connectivity index (χ1v) is 9.76. The lowest BCUT2D eigenvalue weighted by atomic mass is 10.2. The minimum Gasteiger partial charge on any atom is -0.348 e. The van der Waals surface area contributed by atoms with Crippen molar-refractivity contribution < 1.29 is 13.2 Å². The molecule has 1 fully saturated rings. The van der Waals surface area contributed by atoms with Crippen LogP contribution >= 0.6 is 11.3 Å². The van der Waals surface area contributed by atoms with Crippen molar-refractivity contribution >= 4 is 27.1 Å². The monoisotopic (exact) mass is 339 g/mol. The molecule has 22 heavy (non-hydrogen) atoms. The molecule has 1 aliphatic rings. The van der Waals surface area contributed by atoms with Crippen LogP contribution in [0.5, 0.6) is 0 Å². The molecule has 1 atom stereocenters. The summed E-state index contributed by atoms with van der Waals surface area (Å²) in [6, 6.07) is 1.80. The van der Waals surface area contributed by atoms with E-state index in [4.69, 9.17) is 0 Å². The first-order chi connectivity index (χ1) is 10.5. The quantitative estimate of drug-likeness (QED) is 0.916. The van der Waals surface area contributed by atoms with Crippen molar-refractivity contribution in [2.24, 2.45) is 0 Å². The summed E-state index contributed by atoms with van der Waals surface area (Å²) < 4.78 is 24.8. The highest BCUT2D eigenvalue weighted by atomic mass is 32.2. The maximum absolute atomic E-state index is 12.2. The third-order valence-corrected chi connectivity index (χ3v) is 6.36. The molecule has 2 aromatic heterocycles. The lowest BCUT2D eigenvalue weighted by molar-refractivity contribution is 0.0950. The minimum atomic E-state index is -2.97. The van der Waals surface area contributed by atoms with Gasteiger partial charge < -0.3 is 5.32 Å². The molecule has 118 valence electrons. The first-order valence-electron chi connectivity index (χ1n) is 7.00. The van der Waals surface area contributed by atoms with Crippen LogP contribution in [0.15, 0.2) is 23.0 Å². The second-order valence-corrected chi connectivity index (χ2v) is 8.47. The molecule has 0 aromatic carbocycles. The van der Waals surface area contributed by atoms with Gasteiger partial charge in [0.1, 0.15) is 0 Å². The Morgan fingerprint density at radius 3 is 3.00 bits per heavy atom. The van der Waals surface area contributed by atoms with Crippen molar-refractivity contribution in [3.05, 3.63) is 39.8 Å². The van der Waals surface area contributed by atoms with Crippen molar-refractivity contribution in [1.29, 1.82) is 0 Å². The fraction of sp³-hybridized carbons (Fsp3) is 0.429. The number of rotatable bonds is 4. The zero-order chi connectivity index (χ0) is 15.7. The van der Waals surface area contributed by atoms with E-state index < -0.39 is 9.84 Å². The van der Waals surface area contributed by atoms with E-state index in [1.54, 1.807) is 22.9 Å². The van der Waals surface area contributed by atoms with E-state index in [1.807, 2.05) is 16.8 Å². The van der Waals surface area contributed by atoms with Crippen LogP contribution < -0.4 is 5.32 Å². The predicted molar refractivity (Wildman–Crippen MR) is 84.8 cm³/mol. The minimum absolute atomic E-state index is 0.103. The summed E-state index contributed by atoms with van der Waals surface area (Å²) in [4.78, 5) is 12.2. The van der Waals surface area contributed by atoms with Crippen molar-refractivity contribution in [3.63, 3.8) is 0 Å². The Morgan fingerprint density at radius 1 is 1.55 bits per heavy atom. The third-order valence-electron chi connectivity index (χ3n) is 3.88. The van der Waals surface area contributed by atoms with E-state index in [-0.39, 0.29) is 23.5 Å². The Bertz CT molecular complexity index is 778. The summed E-state index contributed by atoms with van der Waals surface area (Å²) in [5.74, 6) is 0.109. The molecule has 8 heteroatoms. The Labute approximate surface area is 133 Å². The van der Waals surface area contributed by atoms with Gasteiger partial charge in [0.15, 0.2) is 9.84 Å². The molecule has 1 amide bonds. The van der Waals surface area contributed by atoms with Gasteiger partial charge in [0.05, 0.1) is 29.3 Å². The SMILES string of the molecule is Cc1c(C(=O)NCc2ccsc2)cnn1C1CCS(=O)(=O)C1. The van der Waals surface area contributed by atoms with Gasteiger partial charge >= 0.3 is 0 Å². The van der Waals surface area contributed by atoms with E-state index in [0.717, 1.165) is 5.56 Å². The smallest absolute Gasteiger partial charge is 0.255 e. The second kappa shape index (κ2) is 5.85. The summed E-state index contributed by atoms with van der Waals surface area (Å²) in [6.07, 6.45) is 2.07. The Balaban J connectivity index is 1.71. The van der Waals surface area contributed by atoms with Gasteiger partial charge in [-0.25, -0.2) is 8.42 Å². The van der Waals surface area contributed by atoms with Crippen LogP contribution in [-0.2, 0) is 16.4 Å². The fourth-order valence-corrected chi connectivity index (χ4v) is 5.01. The van der Waals surface area contributed by atoms with E-state index in [0.29, 0.717) is 24.2 Å². The third kappa shape index (κ3) is 3.07. The summed E-state index contributed by atoms with van der Waals surface area (Å²) in [5, 5.41) is 11.0. The zero-order valence-corrected chi connectivity index (χ0v) is 13.8. The molecule has 3 heterocycles. The molecule has 1 aliphatic heterocycles. The van der Waals surface area contributed by atoms with Gasteiger partial charge in [-0.05, 0) is 35.7 Å². The molecule has 0 spiro atoms. The molecule has 2 aromatic rings. The molecule has 0 bridgehead atoms. The van der Waals surface area contributed by atoms with E-state index in [9.17, 15) is 13.2 Å². The number of nitrogens with one attached hydrogen (secondary N) is 1. The van der Waals surface area contributed by atoms with Crippen LogP contribution in [0.3, 0.4) is 0 Å². The second-order valence-electron chi connectivity index (χ2n) is 5.46. The standard InChI is InChI=1S/C14H17N3O3S2/c1-10-13(14(18)15-6-11-2-4-21-8-11)7-16-17(10)12-3-5-22(19,20)9-12/h2,4,7-8,12H,3,5-6,9H2,1H3,(H,15,18). The summed E-state index contributed by atoms with van der Waals surface area (Å²) >= 11 is 1.59. The van der Waals surface area contributed by atoms with Crippen LogP contribution in [0.1, 0.15) is 34.1 Å². The van der Waals surface area contributed by atoms with Crippen molar-refractivity contribution in [3.8, 4) is 0 Å². The van der Waals surface area contributed by atoms with Gasteiger partial charge in [-0.1, -0.05) is 0 Å². The molecular weight excluding hydrogens is 322 g/mol. The van der Waals surface area contributed by atoms with Gasteiger partial charge in [-0.15, -0.1) is 0 Å². The number of hydrogen-bond donors (Lipinski definition) is 1. The molecule has 0 aliphatic carbocycles. The first kappa shape index (κ1) is 15.2. The van der Waals surface area contributed by atoms with E-state index in [1.165, 1.54) is 6.20 Å². The van der Waals surface area contributed by atoms with E-state index >= 15 is 0 Å². The average Bonchev–Trinajstić information content (AvgIpc) is 3.16. The highest BCUT2D eigenvalue weighted by Crippen LogP contribution is 2.25. The van der Waals surface area contributed by atoms with E-state index in [2.05, 4.69) is 10.4 Å². The molecular formula is C14H17N3O3S2. The average molecular weight is 339 g/mol. The molecule has 6 nitrogen and oxygen atoms in total. The van der Waals surface area contributed by atoms with Gasteiger partial charge in [-0.2, -0.15) is 16.4 Å². The van der Waals surface area contributed by atoms with Crippen LogP contribution in [0, 0.1) is 6.92 Å². The molecule has 1 saturated heterocycles. The van der Waals surface area contributed by atoms with Crippen LogP contribution in [0.25, 0.3) is 0 Å². The lowest BCUT2D eigenvalue weighted by Crippen LogP contribution is -2.23. The van der Waals surface area contributed by atoms with Gasteiger partial charge in [0, 0.05) is 12.2 Å². The summed E-state index contributed by atoms with van der Waals surface area (Å²) in [6.45, 7) is 2.28. The Kier molecular flexibility index (Phi) is 4.05. The van der Waals surface area contributed by atoms with Crippen LogP contribution in [0.4, 0.5) is 0 Å². The highest BCUT2D eigenvalue weighted by Gasteiger charge is 2.31. The molecule has 1 unspecified atom stereocenters. The van der Waals surface area contributed by atoms with Crippen molar-refractivity contribution in [2.45, 2.75) is 25.9 Å². The maximum atomic E-state index is 12.2. The molecule has 1 N–H and O–H groups in total. The topological polar surface area (TPSA) is 81.1 Å². The highest BCUT2D eigenvalue weighted by molar-refractivity contribution is 7.91. The normalized spacial score (nSPS) is 20.1. The number of hydrogen-bond acceptors (Lipinski definition) is 5. The molecule has 3 rings (SSSR count). The summed E-state index contributed by atoms with van der Waals surface area (Å²) in [5.41, 5.74) is 2.27.